The molecule has 0 aliphatic heterocycles. The second kappa shape index (κ2) is 63.1. The van der Waals surface area contributed by atoms with Crippen LogP contribution in [0.3, 0.4) is 0 Å². The van der Waals surface area contributed by atoms with Gasteiger partial charge in [0.2, 0.25) is 0 Å². The fourth-order valence-corrected chi connectivity index (χ4v) is 1.89. The van der Waals surface area contributed by atoms with Gasteiger partial charge in [0.25, 0.3) is 0 Å². The molecule has 0 heterocycles. The molecule has 0 unspecified atom stereocenters. The van der Waals surface area contributed by atoms with E-state index in [1.807, 2.05) is 82.2 Å². The van der Waals surface area contributed by atoms with Crippen molar-refractivity contribution in [1.82, 2.24) is 0 Å². The lowest BCUT2D eigenvalue weighted by molar-refractivity contribution is 1.22. The molecule has 0 rings (SSSR count). The van der Waals surface area contributed by atoms with Crippen molar-refractivity contribution >= 4 is 11.8 Å². The van der Waals surface area contributed by atoms with Crippen molar-refractivity contribution in [3.8, 4) is 11.8 Å². The van der Waals surface area contributed by atoms with Gasteiger partial charge in [0, 0.05) is 10.7 Å². The molecule has 0 atom stereocenters. The molecule has 0 aromatic carbocycles. The van der Waals surface area contributed by atoms with E-state index in [9.17, 15) is 0 Å². The topological polar surface area (TPSA) is 0 Å². The van der Waals surface area contributed by atoms with Crippen LogP contribution < -0.4 is 0 Å². The summed E-state index contributed by atoms with van der Waals surface area (Å²) in [5.41, 5.74) is 3.24. The lowest BCUT2D eigenvalue weighted by Crippen LogP contribution is -1.72. The molecule has 0 aromatic heterocycles. The van der Waals surface area contributed by atoms with E-state index in [0.717, 1.165) is 18.6 Å². The van der Waals surface area contributed by atoms with Crippen LogP contribution in [0.2, 0.25) is 0 Å². The molecular formula is C29H54S. The summed E-state index contributed by atoms with van der Waals surface area (Å²) in [6.45, 7) is 25.9. The molecule has 0 amide bonds. The highest BCUT2D eigenvalue weighted by Gasteiger charge is 1.88. The van der Waals surface area contributed by atoms with Crippen molar-refractivity contribution in [1.29, 1.82) is 0 Å². The number of hydrogen-bond donors (Lipinski definition) is 0. The molecule has 0 nitrogen and oxygen atoms in total. The van der Waals surface area contributed by atoms with Crippen molar-refractivity contribution in [2.24, 2.45) is 0 Å². The zero-order valence-electron chi connectivity index (χ0n) is 22.7. The van der Waals surface area contributed by atoms with Crippen molar-refractivity contribution in [2.75, 3.05) is 5.75 Å². The molecule has 0 fully saturated rings. The van der Waals surface area contributed by atoms with E-state index in [1.54, 1.807) is 11.8 Å². The first kappa shape index (κ1) is 42.5. The number of allylic oxidation sites excluding steroid dienone is 7. The summed E-state index contributed by atoms with van der Waals surface area (Å²) in [5.74, 6) is 6.34. The first-order chi connectivity index (χ1) is 14.8. The van der Waals surface area contributed by atoms with E-state index < -0.39 is 0 Å². The molecule has 0 aromatic rings. The van der Waals surface area contributed by atoms with Gasteiger partial charge in [-0.25, -0.2) is 0 Å². The van der Waals surface area contributed by atoms with Crippen molar-refractivity contribution < 1.29 is 0 Å². The van der Waals surface area contributed by atoms with Crippen LogP contribution in [0, 0.1) is 11.8 Å². The standard InChI is InChI=1S/C17H24S.C4H6.4C2H6/c1-4-7-9-11-13-16-18-17(14-6-3)15-12-10-8-5-2;1-3-4-2;4*1-2/h6-13,15H,4-5,16H2,1-3H3;1-2H3;4*1-2H3/b9-7-,10-8?,13-11-,15-12-;;;;;. The molecule has 0 aliphatic carbocycles. The maximum Gasteiger partial charge on any atom is 0.0492 e. The molecule has 1 heteroatoms. The largest absolute Gasteiger partial charge is 0.114 e. The lowest BCUT2D eigenvalue weighted by atomic mass is 10.4. The second-order valence-corrected chi connectivity index (χ2v) is 5.13. The second-order valence-electron chi connectivity index (χ2n) is 4.07. The monoisotopic (exact) mass is 434 g/mol. The molecule has 30 heavy (non-hydrogen) atoms. The van der Waals surface area contributed by atoms with Crippen molar-refractivity contribution in [3.05, 3.63) is 65.3 Å². The van der Waals surface area contributed by atoms with Gasteiger partial charge in [-0.05, 0) is 45.8 Å². The minimum Gasteiger partial charge on any atom is -0.114 e. The Labute approximate surface area is 197 Å². The maximum atomic E-state index is 3.24. The summed E-state index contributed by atoms with van der Waals surface area (Å²) in [6.07, 6.45) is 21.0. The Morgan fingerprint density at radius 3 is 1.43 bits per heavy atom. The maximum absolute atomic E-state index is 3.24. The third-order valence-corrected chi connectivity index (χ3v) is 3.15. The van der Waals surface area contributed by atoms with E-state index in [0.29, 0.717) is 0 Å². The summed E-state index contributed by atoms with van der Waals surface area (Å²) in [7, 11) is 0. The van der Waals surface area contributed by atoms with Crippen LogP contribution >= 0.6 is 11.8 Å². The summed E-state index contributed by atoms with van der Waals surface area (Å²) < 4.78 is 0. The Balaban J connectivity index is -0.000000100. The highest BCUT2D eigenvalue weighted by Crippen LogP contribution is 2.16. The summed E-state index contributed by atoms with van der Waals surface area (Å²) in [4.78, 5) is 1.17. The Morgan fingerprint density at radius 1 is 0.667 bits per heavy atom. The van der Waals surface area contributed by atoms with Crippen molar-refractivity contribution in [3.63, 3.8) is 0 Å². The average molecular weight is 435 g/mol. The van der Waals surface area contributed by atoms with Gasteiger partial charge in [-0.3, -0.25) is 0 Å². The average Bonchev–Trinajstić information content (AvgIpc) is 2.84. The fraction of sp³-hybridized carbons (Fsp3) is 0.552. The van der Waals surface area contributed by atoms with Gasteiger partial charge in [-0.1, -0.05) is 112 Å². The molecule has 0 bridgehead atoms. The quantitative estimate of drug-likeness (QED) is 0.208. The minimum absolute atomic E-state index is 0.978. The van der Waals surface area contributed by atoms with Crippen LogP contribution in [0.25, 0.3) is 0 Å². The summed E-state index contributed by atoms with van der Waals surface area (Å²) in [5, 5.41) is 0. The van der Waals surface area contributed by atoms with Crippen LogP contribution in [-0.2, 0) is 0 Å². The van der Waals surface area contributed by atoms with Gasteiger partial charge < -0.3 is 0 Å². The third-order valence-electron chi connectivity index (χ3n) is 2.22. The number of hydrogen-bond acceptors (Lipinski definition) is 1. The predicted molar refractivity (Wildman–Crippen MR) is 151 cm³/mol. The van der Waals surface area contributed by atoms with E-state index in [2.05, 4.69) is 80.0 Å². The van der Waals surface area contributed by atoms with Gasteiger partial charge in [-0.2, -0.15) is 0 Å². The Hall–Kier alpha value is -1.61. The first-order valence-corrected chi connectivity index (χ1v) is 12.8. The first-order valence-electron chi connectivity index (χ1n) is 11.8. The van der Waals surface area contributed by atoms with E-state index >= 15 is 0 Å². The third kappa shape index (κ3) is 63.3. The zero-order valence-corrected chi connectivity index (χ0v) is 23.5. The molecule has 176 valence electrons. The van der Waals surface area contributed by atoms with Crippen LogP contribution in [0.4, 0.5) is 0 Å². The number of thioether (sulfide) groups is 1. The van der Waals surface area contributed by atoms with Crippen LogP contribution in [-0.4, -0.2) is 5.75 Å². The normalized spacial score (nSPS) is 8.43. The Kier molecular flexibility index (Phi) is 89.3. The summed E-state index contributed by atoms with van der Waals surface area (Å²) in [6, 6.07) is 0. The molecule has 0 saturated heterocycles. The number of rotatable bonds is 8. The molecule has 0 radical (unpaired) electrons. The Morgan fingerprint density at radius 2 is 1.07 bits per heavy atom. The van der Waals surface area contributed by atoms with Crippen LogP contribution in [0.5, 0.6) is 0 Å². The molecule has 0 aliphatic rings. The SMILES string of the molecule is CC.CC.CC.CC.CC#CC.CC=C=C(/C=C\C=CCC)SC/C=C\C=C/CC. The fourth-order valence-electron chi connectivity index (χ4n) is 1.12. The highest BCUT2D eigenvalue weighted by molar-refractivity contribution is 8.03. The molecular weight excluding hydrogens is 380 g/mol. The van der Waals surface area contributed by atoms with Gasteiger partial charge in [0.05, 0.1) is 0 Å². The zero-order chi connectivity index (χ0) is 24.9. The highest BCUT2D eigenvalue weighted by atomic mass is 32.2. The predicted octanol–water partition coefficient (Wildman–Crippen LogP) is 11.0. The van der Waals surface area contributed by atoms with Gasteiger partial charge in [0.15, 0.2) is 0 Å². The Bertz CT molecular complexity index is 464. The van der Waals surface area contributed by atoms with E-state index in [4.69, 9.17) is 0 Å². The van der Waals surface area contributed by atoms with Gasteiger partial charge >= 0.3 is 0 Å². The minimum atomic E-state index is 0.978. The smallest absolute Gasteiger partial charge is 0.0492 e. The van der Waals surface area contributed by atoms with Gasteiger partial charge in [-0.15, -0.1) is 29.3 Å². The van der Waals surface area contributed by atoms with Crippen molar-refractivity contribution in [2.45, 2.75) is 103 Å². The molecule has 0 saturated carbocycles. The lowest BCUT2D eigenvalue weighted by Gasteiger charge is -1.94. The molecule has 0 N–H and O–H groups in total. The van der Waals surface area contributed by atoms with Gasteiger partial charge in [0.1, 0.15) is 0 Å². The van der Waals surface area contributed by atoms with E-state index in [-0.39, 0.29) is 0 Å². The summed E-state index contributed by atoms with van der Waals surface area (Å²) >= 11 is 1.80. The molecule has 0 spiro atoms. The van der Waals surface area contributed by atoms with E-state index in [1.165, 1.54) is 4.91 Å². The van der Waals surface area contributed by atoms with Crippen LogP contribution in [0.1, 0.15) is 103 Å². The van der Waals surface area contributed by atoms with Crippen LogP contribution in [0.15, 0.2) is 65.3 Å².